The van der Waals surface area contributed by atoms with Gasteiger partial charge in [0.05, 0.1) is 14.2 Å². The van der Waals surface area contributed by atoms with Crippen LogP contribution in [0.5, 0.6) is 5.75 Å². The molecule has 1 heterocycles. The molecule has 116 valence electrons. The predicted octanol–water partition coefficient (Wildman–Crippen LogP) is 2.58. The van der Waals surface area contributed by atoms with Gasteiger partial charge in [-0.15, -0.1) is 0 Å². The molecule has 5 heteroatoms. The Hall–Kier alpha value is -1.75. The Labute approximate surface area is 126 Å². The average Bonchev–Trinajstić information content (AvgIpc) is 2.54. The standard InChI is InChI=1S/C16H24N2O3/c1-12(13-6-8-15(20-2)9-7-13)17-14-5-4-10-18(11-14)16(19)21-3/h6-9,12,14,17H,4-5,10-11H2,1-3H3/t12-,14+/m1/s1. The quantitative estimate of drug-likeness (QED) is 0.926. The second kappa shape index (κ2) is 7.31. The van der Waals surface area contributed by atoms with Crippen LogP contribution in [0.3, 0.4) is 0 Å². The Morgan fingerprint density at radius 3 is 2.67 bits per heavy atom. The summed E-state index contributed by atoms with van der Waals surface area (Å²) in [5.41, 5.74) is 1.21. The van der Waals surface area contributed by atoms with Crippen molar-refractivity contribution in [2.24, 2.45) is 0 Å². The lowest BCUT2D eigenvalue weighted by molar-refractivity contribution is 0.106. The molecule has 1 aromatic rings. The lowest BCUT2D eigenvalue weighted by atomic mass is 10.0. The van der Waals surface area contributed by atoms with Crippen LogP contribution < -0.4 is 10.1 Å². The summed E-state index contributed by atoms with van der Waals surface area (Å²) in [6, 6.07) is 8.60. The molecule has 1 aliphatic rings. The molecular weight excluding hydrogens is 268 g/mol. The van der Waals surface area contributed by atoms with E-state index in [0.29, 0.717) is 12.6 Å². The van der Waals surface area contributed by atoms with E-state index >= 15 is 0 Å². The van der Waals surface area contributed by atoms with E-state index in [1.54, 1.807) is 12.0 Å². The van der Waals surface area contributed by atoms with Crippen LogP contribution in [0.2, 0.25) is 0 Å². The van der Waals surface area contributed by atoms with Gasteiger partial charge in [0.2, 0.25) is 0 Å². The number of carbonyl (C=O) groups excluding carboxylic acids is 1. The maximum absolute atomic E-state index is 11.6. The van der Waals surface area contributed by atoms with Crippen LogP contribution in [0, 0.1) is 0 Å². The summed E-state index contributed by atoms with van der Waals surface area (Å²) in [7, 11) is 3.10. The lowest BCUT2D eigenvalue weighted by Crippen LogP contribution is -2.48. The van der Waals surface area contributed by atoms with Crippen LogP contribution in [0.15, 0.2) is 24.3 Å². The number of benzene rings is 1. The number of carbonyl (C=O) groups is 1. The fraction of sp³-hybridized carbons (Fsp3) is 0.562. The molecule has 5 nitrogen and oxygen atoms in total. The summed E-state index contributed by atoms with van der Waals surface area (Å²) in [6.07, 6.45) is 1.84. The van der Waals surface area contributed by atoms with Gasteiger partial charge >= 0.3 is 6.09 Å². The Bertz CT molecular complexity index is 461. The van der Waals surface area contributed by atoms with Gasteiger partial charge in [0.25, 0.3) is 0 Å². The highest BCUT2D eigenvalue weighted by molar-refractivity contribution is 5.67. The summed E-state index contributed by atoms with van der Waals surface area (Å²) in [5, 5.41) is 3.59. The summed E-state index contributed by atoms with van der Waals surface area (Å²) in [6.45, 7) is 3.62. The lowest BCUT2D eigenvalue weighted by Gasteiger charge is -2.34. The molecule has 1 aliphatic heterocycles. The maximum atomic E-state index is 11.6. The van der Waals surface area contributed by atoms with Crippen LogP contribution in [0.1, 0.15) is 31.4 Å². The predicted molar refractivity (Wildman–Crippen MR) is 81.5 cm³/mol. The normalized spacial score (nSPS) is 20.0. The maximum Gasteiger partial charge on any atom is 0.409 e. The largest absolute Gasteiger partial charge is 0.497 e. The van der Waals surface area contributed by atoms with Crippen molar-refractivity contribution in [1.82, 2.24) is 10.2 Å². The average molecular weight is 292 g/mol. The van der Waals surface area contributed by atoms with E-state index in [2.05, 4.69) is 24.4 Å². The van der Waals surface area contributed by atoms with Crippen molar-refractivity contribution in [2.45, 2.75) is 31.8 Å². The van der Waals surface area contributed by atoms with E-state index in [4.69, 9.17) is 9.47 Å². The van der Waals surface area contributed by atoms with Crippen molar-refractivity contribution >= 4 is 6.09 Å². The molecule has 0 aliphatic carbocycles. The zero-order chi connectivity index (χ0) is 15.2. The van der Waals surface area contributed by atoms with Gasteiger partial charge in [0.15, 0.2) is 0 Å². The van der Waals surface area contributed by atoms with Gasteiger partial charge in [-0.1, -0.05) is 12.1 Å². The minimum atomic E-state index is -0.237. The van der Waals surface area contributed by atoms with Gasteiger partial charge in [-0.05, 0) is 37.5 Å². The first kappa shape index (κ1) is 15.6. The van der Waals surface area contributed by atoms with Crippen molar-refractivity contribution in [3.05, 3.63) is 29.8 Å². The molecule has 2 rings (SSSR count). The molecule has 1 fully saturated rings. The monoisotopic (exact) mass is 292 g/mol. The molecule has 1 amide bonds. The number of ether oxygens (including phenoxy) is 2. The van der Waals surface area contributed by atoms with E-state index in [-0.39, 0.29) is 12.1 Å². The minimum Gasteiger partial charge on any atom is -0.497 e. The highest BCUT2D eigenvalue weighted by atomic mass is 16.5. The zero-order valence-electron chi connectivity index (χ0n) is 13.0. The number of likely N-dealkylation sites (tertiary alicyclic amines) is 1. The first-order valence-electron chi connectivity index (χ1n) is 7.37. The van der Waals surface area contributed by atoms with Gasteiger partial charge < -0.3 is 19.7 Å². The molecule has 1 saturated heterocycles. The summed E-state index contributed by atoms with van der Waals surface area (Å²) >= 11 is 0. The number of methoxy groups -OCH3 is 2. The highest BCUT2D eigenvalue weighted by Crippen LogP contribution is 2.20. The number of nitrogens with one attached hydrogen (secondary N) is 1. The smallest absolute Gasteiger partial charge is 0.409 e. The van der Waals surface area contributed by atoms with Gasteiger partial charge in [-0.3, -0.25) is 0 Å². The molecule has 1 N–H and O–H groups in total. The number of hydrogen-bond acceptors (Lipinski definition) is 4. The summed E-state index contributed by atoms with van der Waals surface area (Å²) in [5.74, 6) is 0.862. The number of amides is 1. The topological polar surface area (TPSA) is 50.8 Å². The third kappa shape index (κ3) is 4.11. The van der Waals surface area contributed by atoms with E-state index in [0.717, 1.165) is 25.1 Å². The molecule has 21 heavy (non-hydrogen) atoms. The summed E-state index contributed by atoms with van der Waals surface area (Å²) in [4.78, 5) is 13.4. The van der Waals surface area contributed by atoms with Crippen molar-refractivity contribution in [3.8, 4) is 5.75 Å². The van der Waals surface area contributed by atoms with Gasteiger partial charge in [0.1, 0.15) is 5.75 Å². The fourth-order valence-corrected chi connectivity index (χ4v) is 2.75. The second-order valence-corrected chi connectivity index (χ2v) is 5.42. The molecule has 2 atom stereocenters. The van der Waals surface area contributed by atoms with E-state index in [9.17, 15) is 4.79 Å². The molecule has 0 saturated carbocycles. The molecular formula is C16H24N2O3. The van der Waals surface area contributed by atoms with Gasteiger partial charge in [-0.25, -0.2) is 4.79 Å². The molecule has 0 spiro atoms. The van der Waals surface area contributed by atoms with Crippen molar-refractivity contribution < 1.29 is 14.3 Å². The molecule has 0 radical (unpaired) electrons. The summed E-state index contributed by atoms with van der Waals surface area (Å²) < 4.78 is 9.97. The number of piperidine rings is 1. The van der Waals surface area contributed by atoms with E-state index in [1.165, 1.54) is 12.7 Å². The van der Waals surface area contributed by atoms with Crippen molar-refractivity contribution in [3.63, 3.8) is 0 Å². The van der Waals surface area contributed by atoms with Crippen LogP contribution in [0.25, 0.3) is 0 Å². The van der Waals surface area contributed by atoms with Crippen molar-refractivity contribution in [1.29, 1.82) is 0 Å². The SMILES string of the molecule is COC(=O)N1CCC[C@H](N[C@H](C)c2ccc(OC)cc2)C1. The number of nitrogens with zero attached hydrogens (tertiary/aromatic N) is 1. The number of rotatable bonds is 4. The Balaban J connectivity index is 1.91. The molecule has 0 aromatic heterocycles. The second-order valence-electron chi connectivity index (χ2n) is 5.42. The van der Waals surface area contributed by atoms with Crippen molar-refractivity contribution in [2.75, 3.05) is 27.3 Å². The highest BCUT2D eigenvalue weighted by Gasteiger charge is 2.25. The Morgan fingerprint density at radius 2 is 2.05 bits per heavy atom. The van der Waals surface area contributed by atoms with Crippen LogP contribution in [0.4, 0.5) is 4.79 Å². The zero-order valence-corrected chi connectivity index (χ0v) is 13.0. The molecule has 0 bridgehead atoms. The van der Waals surface area contributed by atoms with Crippen LogP contribution in [-0.2, 0) is 4.74 Å². The first-order valence-corrected chi connectivity index (χ1v) is 7.37. The first-order chi connectivity index (χ1) is 10.1. The minimum absolute atomic E-state index is 0.235. The van der Waals surface area contributed by atoms with Crippen LogP contribution >= 0.6 is 0 Å². The third-order valence-electron chi connectivity index (χ3n) is 3.96. The fourth-order valence-electron chi connectivity index (χ4n) is 2.75. The van der Waals surface area contributed by atoms with E-state index < -0.39 is 0 Å². The van der Waals surface area contributed by atoms with Gasteiger partial charge in [0, 0.05) is 25.2 Å². The third-order valence-corrected chi connectivity index (χ3v) is 3.96. The Kier molecular flexibility index (Phi) is 5.44. The molecule has 1 aromatic carbocycles. The Morgan fingerprint density at radius 1 is 1.33 bits per heavy atom. The van der Waals surface area contributed by atoms with Crippen LogP contribution in [-0.4, -0.2) is 44.3 Å². The van der Waals surface area contributed by atoms with Gasteiger partial charge in [-0.2, -0.15) is 0 Å². The van der Waals surface area contributed by atoms with E-state index in [1.807, 2.05) is 12.1 Å². The molecule has 0 unspecified atom stereocenters. The number of hydrogen-bond donors (Lipinski definition) is 1.